The number of carbonyl (C=O) groups excluding carboxylic acids is 1. The van der Waals surface area contributed by atoms with Gasteiger partial charge in [0.15, 0.2) is 0 Å². The number of amides is 1. The molecule has 0 aliphatic carbocycles. The first-order valence-corrected chi connectivity index (χ1v) is 3.65. The second-order valence-corrected chi connectivity index (χ2v) is 2.61. The van der Waals surface area contributed by atoms with Crippen molar-refractivity contribution in [1.29, 1.82) is 0 Å². The number of hydroxylamine groups is 1. The lowest BCUT2D eigenvalue weighted by Gasteiger charge is -2.21. The zero-order chi connectivity index (χ0) is 8.55. The van der Waals surface area contributed by atoms with Gasteiger partial charge < -0.3 is 5.21 Å². The fourth-order valence-electron chi connectivity index (χ4n) is 1.22. The van der Waals surface area contributed by atoms with Gasteiger partial charge in [-0.1, -0.05) is 12.1 Å². The van der Waals surface area contributed by atoms with Crippen molar-refractivity contribution in [2.24, 2.45) is 0 Å². The summed E-state index contributed by atoms with van der Waals surface area (Å²) in [6, 6.07) is 7.07. The Hall–Kier alpha value is -1.45. The van der Waals surface area contributed by atoms with E-state index in [-0.39, 0.29) is 0 Å². The van der Waals surface area contributed by atoms with Crippen LogP contribution in [0.15, 0.2) is 30.3 Å². The van der Waals surface area contributed by atoms with Crippen molar-refractivity contribution in [3.05, 3.63) is 41.1 Å². The molecule has 1 unspecified atom stereocenters. The minimum atomic E-state index is -0.436. The number of para-hydroxylation sites is 1. The molecule has 0 bridgehead atoms. The third-order valence-corrected chi connectivity index (χ3v) is 1.84. The molecule has 1 N–H and O–H groups in total. The third kappa shape index (κ3) is 0.958. The number of rotatable bonds is 0. The second kappa shape index (κ2) is 2.55. The van der Waals surface area contributed by atoms with Gasteiger partial charge in [0.05, 0.1) is 0 Å². The van der Waals surface area contributed by atoms with Crippen LogP contribution in [0.5, 0.6) is 0 Å². The summed E-state index contributed by atoms with van der Waals surface area (Å²) in [5, 5.41) is 10.8. The quantitative estimate of drug-likeness (QED) is 0.554. The van der Waals surface area contributed by atoms with E-state index in [1.165, 1.54) is 6.08 Å². The van der Waals surface area contributed by atoms with Crippen LogP contribution in [0.1, 0.15) is 5.56 Å². The minimum absolute atomic E-state index is 0.409. The molecule has 12 heavy (non-hydrogen) atoms. The van der Waals surface area contributed by atoms with Crippen LogP contribution in [0.25, 0.3) is 6.08 Å². The maximum absolute atomic E-state index is 11.2. The van der Waals surface area contributed by atoms with Crippen molar-refractivity contribution < 1.29 is 9.86 Å². The molecule has 1 amide bonds. The van der Waals surface area contributed by atoms with E-state index >= 15 is 0 Å². The van der Waals surface area contributed by atoms with Gasteiger partial charge in [-0.3, -0.25) is 5.06 Å². The molecule has 1 aromatic rings. The number of carbonyl (C=O) groups is 1. The number of hydrogen-bond acceptors (Lipinski definition) is 2. The molecule has 3 heteroatoms. The summed E-state index contributed by atoms with van der Waals surface area (Å²) in [5.41, 5.74) is 1.33. The summed E-state index contributed by atoms with van der Waals surface area (Å²) < 4.78 is 0. The van der Waals surface area contributed by atoms with Crippen molar-refractivity contribution in [1.82, 2.24) is 0 Å². The average molecular weight is 161 g/mol. The standard InChI is InChI=1S/C9H7NO2/c11-9-6-5-7-3-1-2-4-8(7)10(9)12/h1-6,10H. The number of quaternary nitrogens is 1. The van der Waals surface area contributed by atoms with Crippen molar-refractivity contribution in [2.75, 3.05) is 0 Å². The predicted octanol–water partition coefficient (Wildman–Crippen LogP) is 0.254. The van der Waals surface area contributed by atoms with Crippen molar-refractivity contribution in [3.63, 3.8) is 0 Å². The number of benzene rings is 1. The molecule has 1 aromatic carbocycles. The van der Waals surface area contributed by atoms with Crippen LogP contribution in [0.2, 0.25) is 0 Å². The van der Waals surface area contributed by atoms with Gasteiger partial charge in [0.2, 0.25) is 0 Å². The highest BCUT2D eigenvalue weighted by Gasteiger charge is 2.17. The Morgan fingerprint density at radius 3 is 2.75 bits per heavy atom. The fourth-order valence-corrected chi connectivity index (χ4v) is 1.22. The SMILES string of the molecule is O=C1C=Cc2ccccc2[NH+]1[O-]. The normalized spacial score (nSPS) is 20.8. The van der Waals surface area contributed by atoms with Crippen LogP contribution in [0, 0.1) is 5.21 Å². The van der Waals surface area contributed by atoms with E-state index in [2.05, 4.69) is 0 Å². The summed E-state index contributed by atoms with van der Waals surface area (Å²) >= 11 is 0. The molecule has 0 fully saturated rings. The molecule has 0 spiro atoms. The summed E-state index contributed by atoms with van der Waals surface area (Å²) in [6.07, 6.45) is 2.98. The van der Waals surface area contributed by atoms with Crippen molar-refractivity contribution in [2.45, 2.75) is 0 Å². The third-order valence-electron chi connectivity index (χ3n) is 1.84. The summed E-state index contributed by atoms with van der Waals surface area (Å²) in [7, 11) is 0. The zero-order valence-corrected chi connectivity index (χ0v) is 6.28. The number of nitrogens with one attached hydrogen (secondary N) is 1. The smallest absolute Gasteiger partial charge is 0.342 e. The molecule has 0 aromatic heterocycles. The maximum Gasteiger partial charge on any atom is 0.342 e. The van der Waals surface area contributed by atoms with Gasteiger partial charge >= 0.3 is 5.91 Å². The largest absolute Gasteiger partial charge is 0.621 e. The van der Waals surface area contributed by atoms with E-state index in [0.717, 1.165) is 5.56 Å². The molecular formula is C9H7NO2. The van der Waals surface area contributed by atoms with Gasteiger partial charge in [-0.25, -0.2) is 4.79 Å². The van der Waals surface area contributed by atoms with E-state index in [1.807, 2.05) is 12.1 Å². The lowest BCUT2D eigenvalue weighted by atomic mass is 10.1. The van der Waals surface area contributed by atoms with Gasteiger partial charge in [0.1, 0.15) is 5.69 Å². The fraction of sp³-hybridized carbons (Fsp3) is 0. The van der Waals surface area contributed by atoms with E-state index in [1.54, 1.807) is 18.2 Å². The monoisotopic (exact) mass is 161 g/mol. The van der Waals surface area contributed by atoms with Crippen LogP contribution in [-0.4, -0.2) is 5.91 Å². The van der Waals surface area contributed by atoms with Crippen molar-refractivity contribution >= 4 is 17.7 Å². The van der Waals surface area contributed by atoms with Gasteiger partial charge in [-0.05, 0) is 12.1 Å². The van der Waals surface area contributed by atoms with E-state index in [4.69, 9.17) is 0 Å². The Labute approximate surface area is 69.5 Å². The summed E-state index contributed by atoms with van der Waals surface area (Å²) in [5.74, 6) is -0.436. The first-order chi connectivity index (χ1) is 5.79. The molecule has 1 heterocycles. The Morgan fingerprint density at radius 1 is 1.17 bits per heavy atom. The molecule has 2 rings (SSSR count). The Morgan fingerprint density at radius 2 is 1.92 bits per heavy atom. The van der Waals surface area contributed by atoms with Crippen LogP contribution >= 0.6 is 0 Å². The minimum Gasteiger partial charge on any atom is -0.621 e. The summed E-state index contributed by atoms with van der Waals surface area (Å²) in [6.45, 7) is 0. The lowest BCUT2D eigenvalue weighted by molar-refractivity contribution is -0.686. The Kier molecular flexibility index (Phi) is 1.53. The topological polar surface area (TPSA) is 44.6 Å². The molecule has 1 aliphatic rings. The molecule has 60 valence electrons. The lowest BCUT2D eigenvalue weighted by Crippen LogP contribution is -3.05. The van der Waals surface area contributed by atoms with Crippen LogP contribution in [0.3, 0.4) is 0 Å². The second-order valence-electron chi connectivity index (χ2n) is 2.61. The first-order valence-electron chi connectivity index (χ1n) is 3.65. The van der Waals surface area contributed by atoms with E-state index in [9.17, 15) is 10.0 Å². The van der Waals surface area contributed by atoms with E-state index in [0.29, 0.717) is 5.69 Å². The van der Waals surface area contributed by atoms with Crippen LogP contribution in [0.4, 0.5) is 5.69 Å². The Balaban J connectivity index is 2.59. The Bertz CT molecular complexity index is 357. The molecule has 0 radical (unpaired) electrons. The van der Waals surface area contributed by atoms with Gasteiger partial charge in [0.25, 0.3) is 0 Å². The van der Waals surface area contributed by atoms with Gasteiger partial charge in [0, 0.05) is 17.7 Å². The summed E-state index contributed by atoms with van der Waals surface area (Å²) in [4.78, 5) is 10.9. The van der Waals surface area contributed by atoms with Gasteiger partial charge in [-0.2, -0.15) is 0 Å². The molecular weight excluding hydrogens is 154 g/mol. The number of hydrogen-bond donors (Lipinski definition) is 1. The molecule has 3 nitrogen and oxygen atoms in total. The molecule has 1 atom stereocenters. The first kappa shape index (κ1) is 7.21. The number of fused-ring (bicyclic) bond motifs is 1. The van der Waals surface area contributed by atoms with Crippen LogP contribution < -0.4 is 5.06 Å². The molecule has 0 saturated carbocycles. The highest BCUT2D eigenvalue weighted by molar-refractivity contribution is 5.90. The zero-order valence-electron chi connectivity index (χ0n) is 6.28. The maximum atomic E-state index is 11.2. The van der Waals surface area contributed by atoms with E-state index < -0.39 is 11.0 Å². The van der Waals surface area contributed by atoms with Gasteiger partial charge in [-0.15, -0.1) is 0 Å². The predicted molar refractivity (Wildman–Crippen MR) is 44.5 cm³/mol. The average Bonchev–Trinajstić information content (AvgIpc) is 2.12. The molecule has 1 aliphatic heterocycles. The highest BCUT2D eigenvalue weighted by atomic mass is 16.5. The van der Waals surface area contributed by atoms with Crippen molar-refractivity contribution in [3.8, 4) is 0 Å². The molecule has 0 saturated heterocycles. The van der Waals surface area contributed by atoms with Crippen LogP contribution in [-0.2, 0) is 4.79 Å². The highest BCUT2D eigenvalue weighted by Crippen LogP contribution is 2.14.